The summed E-state index contributed by atoms with van der Waals surface area (Å²) in [6, 6.07) is 19.4. The third kappa shape index (κ3) is 4.66. The van der Waals surface area contributed by atoms with Crippen LogP contribution in [0.1, 0.15) is 16.7 Å². The molecule has 3 aromatic carbocycles. The molecule has 0 fully saturated rings. The quantitative estimate of drug-likeness (QED) is 0.561. The lowest BCUT2D eigenvalue weighted by molar-refractivity contribution is -0.137. The van der Waals surface area contributed by atoms with Gasteiger partial charge >= 0.3 is 12.3 Å². The van der Waals surface area contributed by atoms with E-state index < -0.39 is 30.0 Å². The second-order valence-corrected chi connectivity index (χ2v) is 7.48. The molecule has 2 N–H and O–H groups in total. The summed E-state index contributed by atoms with van der Waals surface area (Å²) < 4.78 is 45.6. The molecule has 3 aromatic rings. The lowest BCUT2D eigenvalue weighted by atomic mass is 9.96. The van der Waals surface area contributed by atoms with Crippen LogP contribution in [0, 0.1) is 0 Å². The molecule has 1 amide bonds. The van der Waals surface area contributed by atoms with Crippen molar-refractivity contribution in [1.29, 1.82) is 0 Å². The van der Waals surface area contributed by atoms with Crippen LogP contribution < -0.4 is 10.1 Å². The number of alkyl halides is 3. The number of halogens is 3. The van der Waals surface area contributed by atoms with Gasteiger partial charge in [-0.2, -0.15) is 13.2 Å². The van der Waals surface area contributed by atoms with E-state index in [1.165, 1.54) is 6.07 Å². The fraction of sp³-hybridized carbons (Fsp3) is 0.208. The Bertz CT molecular complexity index is 1080. The van der Waals surface area contributed by atoms with Gasteiger partial charge in [0, 0.05) is 12.0 Å². The number of carbonyl (C=O) groups is 1. The predicted molar refractivity (Wildman–Crippen MR) is 110 cm³/mol. The summed E-state index contributed by atoms with van der Waals surface area (Å²) in [7, 11) is 0. The Labute approximate surface area is 177 Å². The fourth-order valence-electron chi connectivity index (χ4n) is 3.91. The molecule has 0 saturated heterocycles. The van der Waals surface area contributed by atoms with Crippen LogP contribution in [0.5, 0.6) is 5.75 Å². The number of rotatable bonds is 5. The molecule has 0 bridgehead atoms. The zero-order chi connectivity index (χ0) is 22.0. The van der Waals surface area contributed by atoms with E-state index in [2.05, 4.69) is 5.32 Å². The Morgan fingerprint density at radius 1 is 1.06 bits per heavy atom. The van der Waals surface area contributed by atoms with Crippen molar-refractivity contribution < 1.29 is 27.8 Å². The SMILES string of the molecule is O=C(O)NC(Cc1ccccc1)C1Cc2cccc(-c3cccc(C(F)(F)F)c3)c2O1. The first-order valence-corrected chi connectivity index (χ1v) is 9.81. The van der Waals surface area contributed by atoms with E-state index in [-0.39, 0.29) is 0 Å². The van der Waals surface area contributed by atoms with E-state index in [0.717, 1.165) is 23.3 Å². The van der Waals surface area contributed by atoms with Gasteiger partial charge in [-0.05, 0) is 35.2 Å². The van der Waals surface area contributed by atoms with Crippen molar-refractivity contribution >= 4 is 6.09 Å². The molecule has 1 heterocycles. The molecule has 2 atom stereocenters. The highest BCUT2D eigenvalue weighted by Crippen LogP contribution is 2.41. The van der Waals surface area contributed by atoms with Crippen molar-refractivity contribution in [3.8, 4) is 16.9 Å². The zero-order valence-corrected chi connectivity index (χ0v) is 16.4. The smallest absolute Gasteiger partial charge is 0.416 e. The summed E-state index contributed by atoms with van der Waals surface area (Å²) in [5.74, 6) is 0.497. The molecule has 4 nitrogen and oxygen atoms in total. The lowest BCUT2D eigenvalue weighted by Crippen LogP contribution is -2.46. The summed E-state index contributed by atoms with van der Waals surface area (Å²) >= 11 is 0. The highest BCUT2D eigenvalue weighted by atomic mass is 19.4. The number of ether oxygens (including phenoxy) is 1. The second-order valence-electron chi connectivity index (χ2n) is 7.48. The van der Waals surface area contributed by atoms with Crippen LogP contribution in [0.4, 0.5) is 18.0 Å². The van der Waals surface area contributed by atoms with Crippen molar-refractivity contribution in [2.24, 2.45) is 0 Å². The maximum Gasteiger partial charge on any atom is 0.416 e. The van der Waals surface area contributed by atoms with Gasteiger partial charge in [-0.15, -0.1) is 0 Å². The maximum atomic E-state index is 13.2. The number of hydrogen-bond acceptors (Lipinski definition) is 2. The molecule has 0 radical (unpaired) electrons. The van der Waals surface area contributed by atoms with Crippen molar-refractivity contribution in [2.75, 3.05) is 0 Å². The summed E-state index contributed by atoms with van der Waals surface area (Å²) in [6.07, 6.45) is -5.18. The maximum absolute atomic E-state index is 13.2. The molecule has 2 unspecified atom stereocenters. The Morgan fingerprint density at radius 2 is 1.81 bits per heavy atom. The summed E-state index contributed by atoms with van der Waals surface area (Å²) in [5.41, 5.74) is 2.02. The molecule has 1 aliphatic heterocycles. The predicted octanol–water partition coefficient (Wildman–Crippen LogP) is 5.55. The van der Waals surface area contributed by atoms with Crippen LogP contribution in [-0.2, 0) is 19.0 Å². The molecule has 0 aromatic heterocycles. The Balaban J connectivity index is 1.63. The van der Waals surface area contributed by atoms with E-state index in [9.17, 15) is 23.1 Å². The van der Waals surface area contributed by atoms with Crippen LogP contribution in [-0.4, -0.2) is 23.3 Å². The molecular weight excluding hydrogens is 407 g/mol. The van der Waals surface area contributed by atoms with Crippen molar-refractivity contribution in [3.63, 3.8) is 0 Å². The third-order valence-electron chi connectivity index (χ3n) is 5.34. The van der Waals surface area contributed by atoms with Crippen molar-refractivity contribution in [1.82, 2.24) is 5.32 Å². The first-order chi connectivity index (χ1) is 14.8. The number of amides is 1. The highest BCUT2D eigenvalue weighted by Gasteiger charge is 2.34. The molecule has 7 heteroatoms. The molecule has 1 aliphatic rings. The normalized spacial score (nSPS) is 16.3. The number of carboxylic acid groups (broad SMARTS) is 1. The van der Waals surface area contributed by atoms with E-state index in [1.807, 2.05) is 36.4 Å². The average Bonchev–Trinajstić information content (AvgIpc) is 3.18. The fourth-order valence-corrected chi connectivity index (χ4v) is 3.91. The number of fused-ring (bicyclic) bond motifs is 1. The number of hydrogen-bond donors (Lipinski definition) is 2. The van der Waals surface area contributed by atoms with Crippen LogP contribution in [0.2, 0.25) is 0 Å². The monoisotopic (exact) mass is 427 g/mol. The first kappa shape index (κ1) is 20.8. The van der Waals surface area contributed by atoms with Gasteiger partial charge in [-0.25, -0.2) is 4.79 Å². The first-order valence-electron chi connectivity index (χ1n) is 9.81. The molecular formula is C24H20F3NO3. The summed E-state index contributed by atoms with van der Waals surface area (Å²) in [5, 5.41) is 11.8. The van der Waals surface area contributed by atoms with Gasteiger partial charge in [0.15, 0.2) is 0 Å². The minimum Gasteiger partial charge on any atom is -0.487 e. The van der Waals surface area contributed by atoms with Gasteiger partial charge in [0.25, 0.3) is 0 Å². The average molecular weight is 427 g/mol. The summed E-state index contributed by atoms with van der Waals surface area (Å²) in [4.78, 5) is 11.4. The summed E-state index contributed by atoms with van der Waals surface area (Å²) in [6.45, 7) is 0. The molecule has 0 aliphatic carbocycles. The number of para-hydroxylation sites is 1. The van der Waals surface area contributed by atoms with Gasteiger partial charge < -0.3 is 15.2 Å². The molecule has 0 saturated carbocycles. The Morgan fingerprint density at radius 3 is 2.52 bits per heavy atom. The third-order valence-corrected chi connectivity index (χ3v) is 5.34. The molecule has 160 valence electrons. The van der Waals surface area contributed by atoms with Gasteiger partial charge in [0.2, 0.25) is 0 Å². The minimum atomic E-state index is -4.44. The van der Waals surface area contributed by atoms with E-state index in [4.69, 9.17) is 4.74 Å². The number of benzene rings is 3. The molecule has 0 spiro atoms. The van der Waals surface area contributed by atoms with E-state index in [1.54, 1.807) is 18.2 Å². The Kier molecular flexibility index (Phi) is 5.59. The largest absolute Gasteiger partial charge is 0.487 e. The Hall–Kier alpha value is -3.48. The minimum absolute atomic E-state index is 0.401. The molecule has 31 heavy (non-hydrogen) atoms. The van der Waals surface area contributed by atoms with Gasteiger partial charge in [-0.1, -0.05) is 60.7 Å². The van der Waals surface area contributed by atoms with E-state index in [0.29, 0.717) is 29.7 Å². The second kappa shape index (κ2) is 8.34. The molecule has 4 rings (SSSR count). The van der Waals surface area contributed by atoms with Crippen LogP contribution >= 0.6 is 0 Å². The number of nitrogens with one attached hydrogen (secondary N) is 1. The van der Waals surface area contributed by atoms with Gasteiger partial charge in [-0.3, -0.25) is 0 Å². The van der Waals surface area contributed by atoms with Crippen LogP contribution in [0.3, 0.4) is 0 Å². The highest BCUT2D eigenvalue weighted by molar-refractivity contribution is 5.74. The topological polar surface area (TPSA) is 58.6 Å². The van der Waals surface area contributed by atoms with Gasteiger partial charge in [0.1, 0.15) is 11.9 Å². The van der Waals surface area contributed by atoms with Crippen LogP contribution in [0.15, 0.2) is 72.8 Å². The van der Waals surface area contributed by atoms with E-state index >= 15 is 0 Å². The lowest BCUT2D eigenvalue weighted by Gasteiger charge is -2.24. The van der Waals surface area contributed by atoms with Crippen molar-refractivity contribution in [3.05, 3.63) is 89.5 Å². The van der Waals surface area contributed by atoms with Crippen molar-refractivity contribution in [2.45, 2.75) is 31.2 Å². The van der Waals surface area contributed by atoms with Gasteiger partial charge in [0.05, 0.1) is 11.6 Å². The van der Waals surface area contributed by atoms with Crippen LogP contribution in [0.25, 0.3) is 11.1 Å². The zero-order valence-electron chi connectivity index (χ0n) is 16.4. The standard InChI is InChI=1S/C24H20F3NO3/c25-24(26,27)18-10-4-8-16(13-18)19-11-5-9-17-14-21(31-22(17)19)20(28-23(29)30)12-15-6-2-1-3-7-15/h1-11,13,20-21,28H,12,14H2,(H,29,30).